The molecule has 0 unspecified atom stereocenters. The van der Waals surface area contributed by atoms with Crippen LogP contribution in [0.3, 0.4) is 0 Å². The molecule has 0 bridgehead atoms. The maximum Gasteiger partial charge on any atom is 0.331 e. The topological polar surface area (TPSA) is 66.4 Å². The number of amides is 1. The third-order valence-corrected chi connectivity index (χ3v) is 3.05. The van der Waals surface area contributed by atoms with Crippen molar-refractivity contribution >= 4 is 40.2 Å². The van der Waals surface area contributed by atoms with Crippen LogP contribution in [0.15, 0.2) is 35.4 Å². The third-order valence-electron chi connectivity index (χ3n) is 2.33. The summed E-state index contributed by atoms with van der Waals surface area (Å²) in [6, 6.07) is 7.25. The lowest BCUT2D eigenvalue weighted by atomic mass is 10.1. The van der Waals surface area contributed by atoms with E-state index in [1.807, 2.05) is 12.1 Å². The van der Waals surface area contributed by atoms with Crippen LogP contribution >= 0.6 is 22.6 Å². The summed E-state index contributed by atoms with van der Waals surface area (Å²) >= 11 is 2.16. The number of carbonyl (C=O) groups excluding carboxylic acids is 1. The Kier molecular flexibility index (Phi) is 4.68. The molecular formula is C12H12INO3. The van der Waals surface area contributed by atoms with E-state index in [0.29, 0.717) is 5.69 Å². The largest absolute Gasteiger partial charge is 0.478 e. The maximum absolute atomic E-state index is 11.7. The molecule has 0 aromatic heterocycles. The number of nitrogens with one attached hydrogen (secondary N) is 1. The molecule has 17 heavy (non-hydrogen) atoms. The maximum atomic E-state index is 11.7. The van der Waals surface area contributed by atoms with Crippen LogP contribution in [0.25, 0.3) is 0 Å². The number of anilines is 1. The highest BCUT2D eigenvalue weighted by molar-refractivity contribution is 14.1. The van der Waals surface area contributed by atoms with Gasteiger partial charge in [0.1, 0.15) is 0 Å². The van der Waals surface area contributed by atoms with Crippen LogP contribution in [0.5, 0.6) is 0 Å². The summed E-state index contributed by atoms with van der Waals surface area (Å²) in [5.74, 6) is -1.48. The molecule has 2 N–H and O–H groups in total. The molecule has 1 amide bonds. The van der Waals surface area contributed by atoms with Crippen LogP contribution in [0.2, 0.25) is 0 Å². The van der Waals surface area contributed by atoms with E-state index < -0.39 is 11.9 Å². The minimum absolute atomic E-state index is 0.0491. The van der Waals surface area contributed by atoms with E-state index in [9.17, 15) is 9.59 Å². The van der Waals surface area contributed by atoms with Crippen molar-refractivity contribution in [2.75, 3.05) is 5.32 Å². The number of carboxylic acid groups (broad SMARTS) is 1. The molecule has 0 heterocycles. The molecule has 1 rings (SSSR count). The normalized spacial score (nSPS) is 11.7. The number of carbonyl (C=O) groups is 2. The number of rotatable bonds is 3. The fourth-order valence-electron chi connectivity index (χ4n) is 1.09. The molecule has 0 spiro atoms. The molecule has 0 saturated carbocycles. The lowest BCUT2D eigenvalue weighted by Gasteiger charge is -2.06. The molecular weight excluding hydrogens is 333 g/mol. The monoisotopic (exact) mass is 345 g/mol. The second-order valence-corrected chi connectivity index (χ2v) is 4.76. The summed E-state index contributed by atoms with van der Waals surface area (Å²) in [6.45, 7) is 2.90. The predicted octanol–water partition coefficient (Wildman–Crippen LogP) is 2.65. The number of hydrogen-bond acceptors (Lipinski definition) is 2. The number of aliphatic carboxylic acids is 1. The summed E-state index contributed by atoms with van der Waals surface area (Å²) in [4.78, 5) is 22.4. The molecule has 4 nitrogen and oxygen atoms in total. The molecule has 1 aromatic rings. The lowest BCUT2D eigenvalue weighted by molar-refractivity contribution is -0.133. The minimum atomic E-state index is -1.08. The van der Waals surface area contributed by atoms with Crippen molar-refractivity contribution in [1.29, 1.82) is 0 Å². The Hall–Kier alpha value is -1.37. The Morgan fingerprint density at radius 3 is 2.12 bits per heavy atom. The van der Waals surface area contributed by atoms with Gasteiger partial charge in [0, 0.05) is 20.4 Å². The van der Waals surface area contributed by atoms with Crippen molar-refractivity contribution < 1.29 is 14.7 Å². The smallest absolute Gasteiger partial charge is 0.331 e. The summed E-state index contributed by atoms with van der Waals surface area (Å²) in [6.07, 6.45) is 0. The lowest BCUT2D eigenvalue weighted by Crippen LogP contribution is -2.16. The zero-order chi connectivity index (χ0) is 13.0. The van der Waals surface area contributed by atoms with Gasteiger partial charge in [-0.15, -0.1) is 0 Å². The highest BCUT2D eigenvalue weighted by Gasteiger charge is 2.12. The fraction of sp³-hybridized carbons (Fsp3) is 0.167. The van der Waals surface area contributed by atoms with Gasteiger partial charge in [-0.25, -0.2) is 4.79 Å². The van der Waals surface area contributed by atoms with Gasteiger partial charge in [-0.3, -0.25) is 4.79 Å². The van der Waals surface area contributed by atoms with Gasteiger partial charge in [-0.05, 0) is 60.7 Å². The van der Waals surface area contributed by atoms with E-state index in [4.69, 9.17) is 5.11 Å². The Morgan fingerprint density at radius 2 is 1.65 bits per heavy atom. The summed E-state index contributed by atoms with van der Waals surface area (Å²) in [5.41, 5.74) is 0.900. The van der Waals surface area contributed by atoms with E-state index in [1.165, 1.54) is 13.8 Å². The Morgan fingerprint density at radius 1 is 1.12 bits per heavy atom. The van der Waals surface area contributed by atoms with Crippen molar-refractivity contribution in [3.63, 3.8) is 0 Å². The number of halogens is 1. The number of carboxylic acids is 1. The SMILES string of the molecule is CC(C(=O)O)=C(C)C(=O)Nc1ccc(I)cc1. The first-order valence-corrected chi connectivity index (χ1v) is 5.97. The Bertz CT molecular complexity index is 477. The average molecular weight is 345 g/mol. The van der Waals surface area contributed by atoms with Crippen LogP contribution in [0.4, 0.5) is 5.69 Å². The van der Waals surface area contributed by atoms with Crippen molar-refractivity contribution in [2.24, 2.45) is 0 Å². The van der Waals surface area contributed by atoms with Crippen molar-refractivity contribution in [3.8, 4) is 0 Å². The summed E-state index contributed by atoms with van der Waals surface area (Å²) in [7, 11) is 0. The predicted molar refractivity (Wildman–Crippen MR) is 73.8 cm³/mol. The van der Waals surface area contributed by atoms with E-state index in [2.05, 4.69) is 27.9 Å². The van der Waals surface area contributed by atoms with E-state index in [0.717, 1.165) is 3.57 Å². The minimum Gasteiger partial charge on any atom is -0.478 e. The first-order chi connectivity index (χ1) is 7.91. The third kappa shape index (κ3) is 3.85. The Labute approximate surface area is 113 Å². The second-order valence-electron chi connectivity index (χ2n) is 3.52. The van der Waals surface area contributed by atoms with Gasteiger partial charge in [-0.1, -0.05) is 0 Å². The van der Waals surface area contributed by atoms with Crippen molar-refractivity contribution in [3.05, 3.63) is 39.0 Å². The first-order valence-electron chi connectivity index (χ1n) is 4.89. The van der Waals surface area contributed by atoms with Crippen LogP contribution < -0.4 is 5.32 Å². The van der Waals surface area contributed by atoms with Crippen LogP contribution in [-0.2, 0) is 9.59 Å². The van der Waals surface area contributed by atoms with Gasteiger partial charge in [-0.2, -0.15) is 0 Å². The van der Waals surface area contributed by atoms with Crippen LogP contribution in [0, 0.1) is 3.57 Å². The van der Waals surface area contributed by atoms with Gasteiger partial charge < -0.3 is 10.4 Å². The molecule has 0 saturated heterocycles. The van der Waals surface area contributed by atoms with Crippen LogP contribution in [0.1, 0.15) is 13.8 Å². The molecule has 0 aliphatic heterocycles. The molecule has 0 atom stereocenters. The summed E-state index contributed by atoms with van der Waals surface area (Å²) in [5, 5.41) is 11.4. The highest BCUT2D eigenvalue weighted by atomic mass is 127. The first kappa shape index (κ1) is 13.7. The van der Waals surface area contributed by atoms with Gasteiger partial charge >= 0.3 is 5.97 Å². The van der Waals surface area contributed by atoms with Gasteiger partial charge in [0.15, 0.2) is 0 Å². The number of hydrogen-bond donors (Lipinski definition) is 2. The standard InChI is InChI=1S/C12H12INO3/c1-7(8(2)12(16)17)11(15)14-10-5-3-9(13)4-6-10/h3-6H,1-2H3,(H,14,15)(H,16,17). The van der Waals surface area contributed by atoms with Gasteiger partial charge in [0.25, 0.3) is 5.91 Å². The van der Waals surface area contributed by atoms with Gasteiger partial charge in [0.05, 0.1) is 0 Å². The quantitative estimate of drug-likeness (QED) is 0.654. The molecule has 0 radical (unpaired) electrons. The van der Waals surface area contributed by atoms with Gasteiger partial charge in [0.2, 0.25) is 0 Å². The molecule has 90 valence electrons. The van der Waals surface area contributed by atoms with Crippen LogP contribution in [-0.4, -0.2) is 17.0 Å². The zero-order valence-electron chi connectivity index (χ0n) is 9.45. The second kappa shape index (κ2) is 5.81. The van der Waals surface area contributed by atoms with E-state index in [-0.39, 0.29) is 11.1 Å². The molecule has 5 heteroatoms. The Balaban J connectivity index is 2.83. The molecule has 0 fully saturated rings. The van der Waals surface area contributed by atoms with Crippen molar-refractivity contribution in [1.82, 2.24) is 0 Å². The molecule has 0 aliphatic carbocycles. The molecule has 1 aromatic carbocycles. The average Bonchev–Trinajstić information content (AvgIpc) is 2.30. The summed E-state index contributed by atoms with van der Waals surface area (Å²) < 4.78 is 1.06. The zero-order valence-corrected chi connectivity index (χ0v) is 11.6. The number of benzene rings is 1. The molecule has 0 aliphatic rings. The van der Waals surface area contributed by atoms with E-state index >= 15 is 0 Å². The fourth-order valence-corrected chi connectivity index (χ4v) is 1.45. The van der Waals surface area contributed by atoms with E-state index in [1.54, 1.807) is 12.1 Å². The van der Waals surface area contributed by atoms with Crippen molar-refractivity contribution in [2.45, 2.75) is 13.8 Å². The highest BCUT2D eigenvalue weighted by Crippen LogP contribution is 2.13.